The Labute approximate surface area is 150 Å². The van der Waals surface area contributed by atoms with Crippen molar-refractivity contribution in [2.75, 3.05) is 5.32 Å². The first-order valence-electron chi connectivity index (χ1n) is 7.63. The first kappa shape index (κ1) is 18.6. The molecule has 0 aliphatic carbocycles. The van der Waals surface area contributed by atoms with Crippen molar-refractivity contribution in [3.05, 3.63) is 71.4 Å². The maximum Gasteiger partial charge on any atom is 0.416 e. The third kappa shape index (κ3) is 3.97. The van der Waals surface area contributed by atoms with Crippen LogP contribution < -0.4 is 5.32 Å². The first-order valence-corrected chi connectivity index (χ1v) is 7.63. The van der Waals surface area contributed by atoms with Gasteiger partial charge in [0.25, 0.3) is 5.91 Å². The maximum absolute atomic E-state index is 13.8. The standard InChI is InChI=1S/C18H12F5N3O/c1-26-16(9-14(25-26)10-2-5-12(19)6-3-10)17(27)24-15-8-11(18(21,22)23)4-7-13(15)20/h2-9H,1H3,(H,24,27). The second kappa shape index (κ2) is 6.82. The lowest BCUT2D eigenvalue weighted by Gasteiger charge is -2.11. The Morgan fingerprint density at radius 1 is 1.04 bits per heavy atom. The molecule has 0 saturated carbocycles. The van der Waals surface area contributed by atoms with Gasteiger partial charge in [0.1, 0.15) is 17.3 Å². The number of benzene rings is 2. The molecule has 0 saturated heterocycles. The van der Waals surface area contributed by atoms with Crippen molar-refractivity contribution in [2.45, 2.75) is 6.18 Å². The van der Waals surface area contributed by atoms with E-state index >= 15 is 0 Å². The molecule has 0 aliphatic heterocycles. The molecule has 0 aliphatic rings. The molecule has 0 bridgehead atoms. The number of hydrogen-bond donors (Lipinski definition) is 1. The zero-order valence-corrected chi connectivity index (χ0v) is 13.8. The lowest BCUT2D eigenvalue weighted by Crippen LogP contribution is -2.17. The van der Waals surface area contributed by atoms with Gasteiger partial charge in [-0.2, -0.15) is 18.3 Å². The summed E-state index contributed by atoms with van der Waals surface area (Å²) in [7, 11) is 1.45. The van der Waals surface area contributed by atoms with Crippen molar-refractivity contribution in [1.82, 2.24) is 9.78 Å². The highest BCUT2D eigenvalue weighted by Gasteiger charge is 2.31. The Hall–Kier alpha value is -3.23. The second-order valence-electron chi connectivity index (χ2n) is 5.69. The molecule has 0 fully saturated rings. The molecule has 140 valence electrons. The van der Waals surface area contributed by atoms with Crippen molar-refractivity contribution in [1.29, 1.82) is 0 Å². The van der Waals surface area contributed by atoms with E-state index in [1.807, 2.05) is 0 Å². The summed E-state index contributed by atoms with van der Waals surface area (Å²) in [6, 6.07) is 8.48. The van der Waals surface area contributed by atoms with Crippen LogP contribution in [0.4, 0.5) is 27.6 Å². The largest absolute Gasteiger partial charge is 0.416 e. The number of aryl methyl sites for hydroxylation is 1. The van der Waals surface area contributed by atoms with Crippen molar-refractivity contribution >= 4 is 11.6 Å². The molecule has 1 N–H and O–H groups in total. The molecule has 0 atom stereocenters. The molecule has 1 heterocycles. The Bertz CT molecular complexity index is 993. The van der Waals surface area contributed by atoms with Gasteiger partial charge in [-0.15, -0.1) is 0 Å². The third-order valence-corrected chi connectivity index (χ3v) is 3.79. The van der Waals surface area contributed by atoms with Gasteiger partial charge in [-0.1, -0.05) is 0 Å². The normalized spacial score (nSPS) is 11.5. The number of hydrogen-bond acceptors (Lipinski definition) is 2. The average Bonchev–Trinajstić information content (AvgIpc) is 2.98. The number of halogens is 5. The molecule has 3 aromatic rings. The van der Waals surface area contributed by atoms with Crippen molar-refractivity contribution in [3.63, 3.8) is 0 Å². The topological polar surface area (TPSA) is 46.9 Å². The number of anilines is 1. The molecule has 2 aromatic carbocycles. The summed E-state index contributed by atoms with van der Waals surface area (Å²) in [6.07, 6.45) is -4.67. The van der Waals surface area contributed by atoms with Gasteiger partial charge in [-0.3, -0.25) is 9.48 Å². The fraction of sp³-hybridized carbons (Fsp3) is 0.111. The fourth-order valence-corrected chi connectivity index (χ4v) is 2.43. The molecule has 0 unspecified atom stereocenters. The first-order chi connectivity index (χ1) is 12.6. The van der Waals surface area contributed by atoms with Gasteiger partial charge in [-0.25, -0.2) is 8.78 Å². The van der Waals surface area contributed by atoms with Crippen molar-refractivity contribution < 1.29 is 26.7 Å². The highest BCUT2D eigenvalue weighted by atomic mass is 19.4. The summed E-state index contributed by atoms with van der Waals surface area (Å²) in [5.74, 6) is -2.28. The number of carbonyl (C=O) groups excluding carboxylic acids is 1. The lowest BCUT2D eigenvalue weighted by molar-refractivity contribution is -0.137. The minimum atomic E-state index is -4.67. The summed E-state index contributed by atoms with van der Waals surface area (Å²) in [4.78, 5) is 12.4. The molecular weight excluding hydrogens is 369 g/mol. The highest BCUT2D eigenvalue weighted by Crippen LogP contribution is 2.32. The predicted molar refractivity (Wildman–Crippen MR) is 88.0 cm³/mol. The number of amides is 1. The predicted octanol–water partition coefficient (Wildman–Crippen LogP) is 4.64. The van der Waals surface area contributed by atoms with Gasteiger partial charge in [-0.05, 0) is 48.5 Å². The number of rotatable bonds is 3. The number of aromatic nitrogens is 2. The molecule has 4 nitrogen and oxygen atoms in total. The minimum absolute atomic E-state index is 0.00821. The maximum atomic E-state index is 13.8. The van der Waals surface area contributed by atoms with Crippen molar-refractivity contribution in [3.8, 4) is 11.3 Å². The van der Waals surface area contributed by atoms with Gasteiger partial charge in [0.15, 0.2) is 0 Å². The summed E-state index contributed by atoms with van der Waals surface area (Å²) < 4.78 is 66.3. The van der Waals surface area contributed by atoms with E-state index in [1.54, 1.807) is 0 Å². The van der Waals surface area contributed by atoms with Crippen LogP contribution in [0.3, 0.4) is 0 Å². The van der Waals surface area contributed by atoms with Gasteiger partial charge in [0, 0.05) is 12.6 Å². The van der Waals surface area contributed by atoms with E-state index in [9.17, 15) is 26.7 Å². The van der Waals surface area contributed by atoms with E-state index in [2.05, 4.69) is 10.4 Å². The molecule has 1 amide bonds. The molecule has 0 radical (unpaired) electrons. The molecule has 0 spiro atoms. The molecule has 1 aromatic heterocycles. The number of alkyl halides is 3. The lowest BCUT2D eigenvalue weighted by atomic mass is 10.1. The summed E-state index contributed by atoms with van der Waals surface area (Å²) in [6.45, 7) is 0. The van der Waals surface area contributed by atoms with E-state index in [-0.39, 0.29) is 5.69 Å². The van der Waals surface area contributed by atoms with Crippen molar-refractivity contribution in [2.24, 2.45) is 7.05 Å². The van der Waals surface area contributed by atoms with Crippen LogP contribution in [0.25, 0.3) is 11.3 Å². The Kier molecular flexibility index (Phi) is 4.69. The minimum Gasteiger partial charge on any atom is -0.318 e. The van der Waals surface area contributed by atoms with Crippen LogP contribution in [-0.2, 0) is 13.2 Å². The van der Waals surface area contributed by atoms with Gasteiger partial charge >= 0.3 is 6.18 Å². The molecule has 27 heavy (non-hydrogen) atoms. The summed E-state index contributed by atoms with van der Waals surface area (Å²) >= 11 is 0. The summed E-state index contributed by atoms with van der Waals surface area (Å²) in [5.41, 5.74) is -0.801. The van der Waals surface area contributed by atoms with Crippen LogP contribution >= 0.6 is 0 Å². The van der Waals surface area contributed by atoms with E-state index in [0.29, 0.717) is 29.5 Å². The van der Waals surface area contributed by atoms with Crippen LogP contribution in [0.2, 0.25) is 0 Å². The fourth-order valence-electron chi connectivity index (χ4n) is 2.43. The highest BCUT2D eigenvalue weighted by molar-refractivity contribution is 6.03. The number of nitrogens with one attached hydrogen (secondary N) is 1. The van der Waals surface area contributed by atoms with Gasteiger partial charge < -0.3 is 5.32 Å². The van der Waals surface area contributed by atoms with Crippen LogP contribution in [0.5, 0.6) is 0 Å². The van der Waals surface area contributed by atoms with E-state index in [1.165, 1.54) is 42.1 Å². The zero-order valence-electron chi connectivity index (χ0n) is 13.8. The smallest absolute Gasteiger partial charge is 0.318 e. The Morgan fingerprint density at radius 2 is 1.70 bits per heavy atom. The Morgan fingerprint density at radius 3 is 2.33 bits per heavy atom. The summed E-state index contributed by atoms with van der Waals surface area (Å²) in [5, 5.41) is 6.23. The number of nitrogens with zero attached hydrogens (tertiary/aromatic N) is 2. The molecular formula is C18H12F5N3O. The quantitative estimate of drug-likeness (QED) is 0.672. The number of carbonyl (C=O) groups is 1. The zero-order chi connectivity index (χ0) is 19.8. The SMILES string of the molecule is Cn1nc(-c2ccc(F)cc2)cc1C(=O)Nc1cc(C(F)(F)F)ccc1F. The van der Waals surface area contributed by atoms with Gasteiger partial charge in [0.05, 0.1) is 16.9 Å². The van der Waals surface area contributed by atoms with E-state index in [4.69, 9.17) is 0 Å². The van der Waals surface area contributed by atoms with Crippen LogP contribution in [0, 0.1) is 11.6 Å². The average molecular weight is 381 g/mol. The van der Waals surface area contributed by atoms with E-state index < -0.39 is 35.0 Å². The van der Waals surface area contributed by atoms with Crippen LogP contribution in [-0.4, -0.2) is 15.7 Å². The molecule has 9 heteroatoms. The van der Waals surface area contributed by atoms with Crippen LogP contribution in [0.1, 0.15) is 16.1 Å². The monoisotopic (exact) mass is 381 g/mol. The van der Waals surface area contributed by atoms with Gasteiger partial charge in [0.2, 0.25) is 0 Å². The third-order valence-electron chi connectivity index (χ3n) is 3.79. The second-order valence-corrected chi connectivity index (χ2v) is 5.69. The van der Waals surface area contributed by atoms with Crippen LogP contribution in [0.15, 0.2) is 48.5 Å². The van der Waals surface area contributed by atoms with E-state index in [0.717, 1.165) is 0 Å². The Balaban J connectivity index is 1.88. The molecule has 3 rings (SSSR count).